The van der Waals surface area contributed by atoms with E-state index in [0.717, 1.165) is 59.9 Å². The van der Waals surface area contributed by atoms with Crippen LogP contribution < -0.4 is 10.2 Å². The third-order valence-corrected chi connectivity index (χ3v) is 4.57. The van der Waals surface area contributed by atoms with Crippen LogP contribution in [0.15, 0.2) is 18.5 Å². The van der Waals surface area contributed by atoms with Crippen molar-refractivity contribution in [3.05, 3.63) is 24.0 Å². The van der Waals surface area contributed by atoms with E-state index in [-0.39, 0.29) is 0 Å². The number of carbonyl (C=O) groups excluding carboxylic acids is 1. The summed E-state index contributed by atoms with van der Waals surface area (Å²) in [6.45, 7) is 5.75. The van der Waals surface area contributed by atoms with Gasteiger partial charge >= 0.3 is 0 Å². The van der Waals surface area contributed by atoms with Crippen molar-refractivity contribution in [1.29, 1.82) is 0 Å². The number of piperazine rings is 1. The van der Waals surface area contributed by atoms with Crippen molar-refractivity contribution in [3.63, 3.8) is 0 Å². The molecule has 1 fully saturated rings. The predicted molar refractivity (Wildman–Crippen MR) is 92.4 cm³/mol. The van der Waals surface area contributed by atoms with Crippen LogP contribution in [-0.4, -0.2) is 64.1 Å². The number of likely N-dealkylation sites (N-methyl/N-ethyl adjacent to an activating group) is 1. The first-order valence-corrected chi connectivity index (χ1v) is 7.95. The number of anilines is 2. The highest BCUT2D eigenvalue weighted by Gasteiger charge is 2.20. The Labute approximate surface area is 139 Å². The molecule has 1 amide bonds. The van der Waals surface area contributed by atoms with Gasteiger partial charge in [-0.25, -0.2) is 4.98 Å². The van der Waals surface area contributed by atoms with Gasteiger partial charge < -0.3 is 15.1 Å². The van der Waals surface area contributed by atoms with E-state index in [4.69, 9.17) is 4.98 Å². The van der Waals surface area contributed by atoms with Crippen LogP contribution in [0.25, 0.3) is 16.7 Å². The molecule has 1 N–H and O–H groups in total. The second kappa shape index (κ2) is 5.72. The lowest BCUT2D eigenvalue weighted by Gasteiger charge is -2.33. The largest absolute Gasteiger partial charge is 0.351 e. The number of nitrogens with one attached hydrogen (secondary N) is 1. The molecule has 3 heterocycles. The zero-order valence-electron chi connectivity index (χ0n) is 13.7. The molecule has 1 saturated heterocycles. The van der Waals surface area contributed by atoms with Gasteiger partial charge in [-0.15, -0.1) is 10.2 Å². The molecular weight excluding hydrogens is 306 g/mol. The van der Waals surface area contributed by atoms with Crippen molar-refractivity contribution in [2.75, 3.05) is 43.4 Å². The Morgan fingerprint density at radius 3 is 2.75 bits per heavy atom. The van der Waals surface area contributed by atoms with E-state index < -0.39 is 0 Å². The minimum absolute atomic E-state index is 0.687. The van der Waals surface area contributed by atoms with E-state index in [1.807, 2.05) is 23.5 Å². The summed E-state index contributed by atoms with van der Waals surface area (Å²) in [7, 11) is 2.12. The molecule has 2 aromatic heterocycles. The second-order valence-electron chi connectivity index (χ2n) is 6.17. The van der Waals surface area contributed by atoms with Gasteiger partial charge in [0.2, 0.25) is 12.1 Å². The molecule has 0 spiro atoms. The molecule has 3 aromatic rings. The number of fused-ring (bicyclic) bond motifs is 3. The quantitative estimate of drug-likeness (QED) is 0.721. The Balaban J connectivity index is 1.90. The minimum atomic E-state index is 0.687. The van der Waals surface area contributed by atoms with Crippen LogP contribution in [0.5, 0.6) is 0 Å². The highest BCUT2D eigenvalue weighted by atomic mass is 16.1. The molecule has 0 atom stereocenters. The lowest BCUT2D eigenvalue weighted by atomic mass is 10.1. The summed E-state index contributed by atoms with van der Waals surface area (Å²) in [6, 6.07) is 3.90. The third kappa shape index (κ3) is 2.35. The number of aryl methyl sites for hydroxylation is 1. The van der Waals surface area contributed by atoms with Gasteiger partial charge in [0.25, 0.3) is 0 Å². The maximum atomic E-state index is 10.8. The molecule has 0 saturated carbocycles. The average molecular weight is 325 g/mol. The predicted octanol–water partition coefficient (Wildman–Crippen LogP) is 0.906. The van der Waals surface area contributed by atoms with Crippen molar-refractivity contribution >= 4 is 34.6 Å². The molecular formula is C16H19N7O. The van der Waals surface area contributed by atoms with Gasteiger partial charge in [0.15, 0.2) is 5.82 Å². The number of benzene rings is 1. The molecule has 124 valence electrons. The Morgan fingerprint density at radius 2 is 2.00 bits per heavy atom. The Hall–Kier alpha value is -2.74. The van der Waals surface area contributed by atoms with Crippen LogP contribution >= 0.6 is 0 Å². The minimum Gasteiger partial charge on any atom is -0.351 e. The molecule has 0 aliphatic carbocycles. The number of amides is 1. The van der Waals surface area contributed by atoms with Gasteiger partial charge in [0.1, 0.15) is 6.33 Å². The van der Waals surface area contributed by atoms with E-state index in [1.165, 1.54) is 0 Å². The van der Waals surface area contributed by atoms with Crippen LogP contribution in [-0.2, 0) is 4.79 Å². The van der Waals surface area contributed by atoms with Crippen molar-refractivity contribution in [3.8, 4) is 0 Å². The monoisotopic (exact) mass is 325 g/mol. The van der Waals surface area contributed by atoms with E-state index in [1.54, 1.807) is 6.33 Å². The molecule has 4 rings (SSSR count). The first-order valence-electron chi connectivity index (χ1n) is 7.95. The fourth-order valence-electron chi connectivity index (χ4n) is 3.14. The molecule has 8 heteroatoms. The van der Waals surface area contributed by atoms with Crippen molar-refractivity contribution < 1.29 is 4.79 Å². The van der Waals surface area contributed by atoms with Gasteiger partial charge in [0, 0.05) is 31.9 Å². The summed E-state index contributed by atoms with van der Waals surface area (Å²) < 4.78 is 1.97. The molecule has 0 radical (unpaired) electrons. The molecule has 1 aliphatic heterocycles. The van der Waals surface area contributed by atoms with Gasteiger partial charge in [-0.2, -0.15) is 0 Å². The summed E-state index contributed by atoms with van der Waals surface area (Å²) >= 11 is 0. The summed E-state index contributed by atoms with van der Waals surface area (Å²) in [5.74, 6) is 0.842. The molecule has 1 aliphatic rings. The average Bonchev–Trinajstić information content (AvgIpc) is 3.06. The van der Waals surface area contributed by atoms with Gasteiger partial charge in [-0.1, -0.05) is 0 Å². The Morgan fingerprint density at radius 1 is 1.21 bits per heavy atom. The van der Waals surface area contributed by atoms with Crippen LogP contribution in [0.2, 0.25) is 0 Å². The van der Waals surface area contributed by atoms with Crippen molar-refractivity contribution in [2.45, 2.75) is 6.92 Å². The summed E-state index contributed by atoms with van der Waals surface area (Å²) in [5.41, 5.74) is 4.25. The highest BCUT2D eigenvalue weighted by molar-refractivity contribution is 5.88. The van der Waals surface area contributed by atoms with Gasteiger partial charge in [-0.05, 0) is 31.7 Å². The highest BCUT2D eigenvalue weighted by Crippen LogP contribution is 2.27. The number of carbonyl (C=O) groups is 1. The third-order valence-electron chi connectivity index (χ3n) is 4.57. The van der Waals surface area contributed by atoms with Crippen molar-refractivity contribution in [2.24, 2.45) is 0 Å². The summed E-state index contributed by atoms with van der Waals surface area (Å²) in [4.78, 5) is 20.2. The molecule has 1 aromatic carbocycles. The van der Waals surface area contributed by atoms with Crippen molar-refractivity contribution in [1.82, 2.24) is 24.5 Å². The lowest BCUT2D eigenvalue weighted by Crippen LogP contribution is -2.45. The summed E-state index contributed by atoms with van der Waals surface area (Å²) in [5, 5.41) is 11.1. The zero-order chi connectivity index (χ0) is 16.7. The fraction of sp³-hybridized carbons (Fsp3) is 0.375. The van der Waals surface area contributed by atoms with Crippen LogP contribution in [0, 0.1) is 6.92 Å². The molecule has 0 unspecified atom stereocenters. The van der Waals surface area contributed by atoms with Crippen LogP contribution in [0.3, 0.4) is 0 Å². The molecule has 8 nitrogen and oxygen atoms in total. The topological polar surface area (TPSA) is 78.7 Å². The number of rotatable bonds is 3. The van der Waals surface area contributed by atoms with E-state index in [0.29, 0.717) is 6.41 Å². The van der Waals surface area contributed by atoms with E-state index in [2.05, 4.69) is 32.4 Å². The molecule has 0 bridgehead atoms. The summed E-state index contributed by atoms with van der Waals surface area (Å²) in [6.07, 6.45) is 2.40. The Bertz CT molecular complexity index is 912. The first kappa shape index (κ1) is 14.8. The molecule has 24 heavy (non-hydrogen) atoms. The Kier molecular flexibility index (Phi) is 3.53. The zero-order valence-corrected chi connectivity index (χ0v) is 13.7. The lowest BCUT2D eigenvalue weighted by molar-refractivity contribution is -0.105. The standard InChI is InChI=1S/C16H19N7O/c1-11-7-14-13(8-12(11)17-10-24)19-15(16-20-18-9-23(14)16)22-5-3-21(2)4-6-22/h7-10H,3-6H2,1-2H3,(H,17,24). The number of hydrogen-bond donors (Lipinski definition) is 1. The van der Waals surface area contributed by atoms with Crippen LogP contribution in [0.4, 0.5) is 11.5 Å². The van der Waals surface area contributed by atoms with E-state index in [9.17, 15) is 4.79 Å². The number of nitrogens with zero attached hydrogens (tertiary/aromatic N) is 6. The number of aromatic nitrogens is 4. The van der Waals surface area contributed by atoms with Crippen LogP contribution in [0.1, 0.15) is 5.56 Å². The van der Waals surface area contributed by atoms with E-state index >= 15 is 0 Å². The van der Waals surface area contributed by atoms with Gasteiger partial charge in [-0.3, -0.25) is 9.20 Å². The fourth-order valence-corrected chi connectivity index (χ4v) is 3.14. The maximum absolute atomic E-state index is 10.8. The second-order valence-corrected chi connectivity index (χ2v) is 6.17. The first-order chi connectivity index (χ1) is 11.7. The maximum Gasteiger partial charge on any atom is 0.211 e. The smallest absolute Gasteiger partial charge is 0.211 e. The normalized spacial score (nSPS) is 16.0. The number of hydrogen-bond acceptors (Lipinski definition) is 6. The SMILES string of the molecule is Cc1cc2c(cc1NC=O)nc(N1CCN(C)CC1)c1nncn12. The van der Waals surface area contributed by atoms with Gasteiger partial charge in [0.05, 0.1) is 11.0 Å².